The van der Waals surface area contributed by atoms with E-state index in [4.69, 9.17) is 5.11 Å². The van der Waals surface area contributed by atoms with Crippen molar-refractivity contribution in [3.05, 3.63) is 17.0 Å². The molecule has 110 valence electrons. The highest BCUT2D eigenvalue weighted by Crippen LogP contribution is 2.34. The van der Waals surface area contributed by atoms with Gasteiger partial charge in [-0.15, -0.1) is 11.3 Å². The highest BCUT2D eigenvalue weighted by molar-refractivity contribution is 7.14. The second-order valence-electron chi connectivity index (χ2n) is 5.28. The van der Waals surface area contributed by atoms with Gasteiger partial charge in [0.2, 0.25) is 0 Å². The monoisotopic (exact) mass is 296 g/mol. The van der Waals surface area contributed by atoms with Crippen molar-refractivity contribution in [3.8, 4) is 0 Å². The number of anilines is 1. The zero-order valence-corrected chi connectivity index (χ0v) is 12.5. The summed E-state index contributed by atoms with van der Waals surface area (Å²) in [6.45, 7) is 4.34. The molecule has 0 aliphatic heterocycles. The smallest absolute Gasteiger partial charge is 0.338 e. The Labute approximate surface area is 122 Å². The standard InChI is InChI=1S/C14H20N2O3S/c1-3-9-4-5-11(8(9)2)15-14(19)16-12-10(13(17)18)6-7-20-12/h6-9,11H,3-5H2,1-2H3,(H,17,18)(H2,15,16,19). The van der Waals surface area contributed by atoms with Crippen LogP contribution in [0.4, 0.5) is 9.80 Å². The Kier molecular flexibility index (Phi) is 4.65. The van der Waals surface area contributed by atoms with Crippen molar-refractivity contribution in [1.82, 2.24) is 5.32 Å². The number of carbonyl (C=O) groups excluding carboxylic acids is 1. The predicted molar refractivity (Wildman–Crippen MR) is 79.4 cm³/mol. The van der Waals surface area contributed by atoms with E-state index in [9.17, 15) is 9.59 Å². The van der Waals surface area contributed by atoms with Crippen LogP contribution >= 0.6 is 11.3 Å². The highest BCUT2D eigenvalue weighted by atomic mass is 32.1. The maximum Gasteiger partial charge on any atom is 0.338 e. The lowest BCUT2D eigenvalue weighted by Gasteiger charge is -2.21. The van der Waals surface area contributed by atoms with E-state index in [2.05, 4.69) is 24.5 Å². The van der Waals surface area contributed by atoms with Crippen LogP contribution < -0.4 is 10.6 Å². The first kappa shape index (κ1) is 14.8. The zero-order valence-electron chi connectivity index (χ0n) is 11.7. The Morgan fingerprint density at radius 2 is 2.20 bits per heavy atom. The second kappa shape index (κ2) is 6.26. The fraction of sp³-hybridized carbons (Fsp3) is 0.571. The zero-order chi connectivity index (χ0) is 14.7. The maximum atomic E-state index is 12.0. The van der Waals surface area contributed by atoms with Crippen LogP contribution in [0.25, 0.3) is 0 Å². The van der Waals surface area contributed by atoms with Crippen LogP contribution in [0.15, 0.2) is 11.4 Å². The molecule has 0 aromatic carbocycles. The van der Waals surface area contributed by atoms with Crippen molar-refractivity contribution in [2.45, 2.75) is 39.2 Å². The Hall–Kier alpha value is -1.56. The van der Waals surface area contributed by atoms with E-state index >= 15 is 0 Å². The third-order valence-corrected chi connectivity index (χ3v) is 5.02. The molecule has 20 heavy (non-hydrogen) atoms. The van der Waals surface area contributed by atoms with E-state index in [0.29, 0.717) is 16.8 Å². The number of thiophene rings is 1. The summed E-state index contributed by atoms with van der Waals surface area (Å²) in [5.41, 5.74) is 0.135. The molecule has 1 fully saturated rings. The molecule has 1 aromatic heterocycles. The van der Waals surface area contributed by atoms with Crippen LogP contribution in [0.2, 0.25) is 0 Å². The minimum Gasteiger partial charge on any atom is -0.478 e. The normalized spacial score (nSPS) is 25.4. The summed E-state index contributed by atoms with van der Waals surface area (Å²) >= 11 is 1.22. The van der Waals surface area contributed by atoms with E-state index in [0.717, 1.165) is 19.3 Å². The van der Waals surface area contributed by atoms with Gasteiger partial charge in [0.25, 0.3) is 0 Å². The van der Waals surface area contributed by atoms with Crippen LogP contribution in [0.5, 0.6) is 0 Å². The van der Waals surface area contributed by atoms with E-state index in [1.807, 2.05) is 0 Å². The van der Waals surface area contributed by atoms with Gasteiger partial charge in [-0.3, -0.25) is 5.32 Å². The van der Waals surface area contributed by atoms with Crippen LogP contribution in [0.1, 0.15) is 43.5 Å². The Morgan fingerprint density at radius 3 is 2.80 bits per heavy atom. The number of carbonyl (C=O) groups is 2. The quantitative estimate of drug-likeness (QED) is 0.797. The van der Waals surface area contributed by atoms with Crippen molar-refractivity contribution in [3.63, 3.8) is 0 Å². The molecule has 0 bridgehead atoms. The summed E-state index contributed by atoms with van der Waals surface area (Å²) in [6.07, 6.45) is 3.26. The van der Waals surface area contributed by atoms with Gasteiger partial charge in [0.1, 0.15) is 5.00 Å². The molecule has 2 amide bonds. The molecule has 3 N–H and O–H groups in total. The van der Waals surface area contributed by atoms with Crippen molar-refractivity contribution in [2.24, 2.45) is 11.8 Å². The molecular weight excluding hydrogens is 276 g/mol. The predicted octanol–water partition coefficient (Wildman–Crippen LogP) is 3.39. The molecule has 1 saturated carbocycles. The van der Waals surface area contributed by atoms with Gasteiger partial charge in [0.05, 0.1) is 5.56 Å². The number of aromatic carboxylic acids is 1. The third kappa shape index (κ3) is 3.12. The fourth-order valence-corrected chi connectivity index (χ4v) is 3.68. The molecule has 1 heterocycles. The van der Waals surface area contributed by atoms with Crippen molar-refractivity contribution >= 4 is 28.3 Å². The number of hydrogen-bond donors (Lipinski definition) is 3. The van der Waals surface area contributed by atoms with Crippen molar-refractivity contribution < 1.29 is 14.7 Å². The minimum atomic E-state index is -1.03. The molecule has 3 unspecified atom stereocenters. The first-order valence-electron chi connectivity index (χ1n) is 6.91. The lowest BCUT2D eigenvalue weighted by atomic mass is 9.94. The Morgan fingerprint density at radius 1 is 1.45 bits per heavy atom. The van der Waals surface area contributed by atoms with Gasteiger partial charge in [0.15, 0.2) is 0 Å². The summed E-state index contributed by atoms with van der Waals surface area (Å²) in [6, 6.07) is 1.35. The van der Waals surface area contributed by atoms with E-state index in [1.165, 1.54) is 17.4 Å². The van der Waals surface area contributed by atoms with Gasteiger partial charge in [-0.1, -0.05) is 20.3 Å². The van der Waals surface area contributed by atoms with Gasteiger partial charge in [-0.2, -0.15) is 0 Å². The minimum absolute atomic E-state index is 0.135. The summed E-state index contributed by atoms with van der Waals surface area (Å²) in [5.74, 6) is 0.103. The number of hydrogen-bond acceptors (Lipinski definition) is 3. The van der Waals surface area contributed by atoms with Crippen LogP contribution in [0.3, 0.4) is 0 Å². The summed E-state index contributed by atoms with van der Waals surface area (Å²) in [4.78, 5) is 23.0. The van der Waals surface area contributed by atoms with Gasteiger partial charge < -0.3 is 10.4 Å². The van der Waals surface area contributed by atoms with Gasteiger partial charge in [-0.25, -0.2) is 9.59 Å². The third-order valence-electron chi connectivity index (χ3n) is 4.19. The first-order chi connectivity index (χ1) is 9.52. The summed E-state index contributed by atoms with van der Waals surface area (Å²) in [5, 5.41) is 16.6. The number of carboxylic acid groups (broad SMARTS) is 1. The molecular formula is C14H20N2O3S. The molecule has 0 radical (unpaired) electrons. The summed E-state index contributed by atoms with van der Waals surface area (Å²) in [7, 11) is 0. The van der Waals surface area contributed by atoms with Crippen molar-refractivity contribution in [2.75, 3.05) is 5.32 Å². The molecule has 1 aliphatic carbocycles. The molecule has 6 heteroatoms. The maximum absolute atomic E-state index is 12.0. The van der Waals surface area contributed by atoms with Crippen LogP contribution in [0, 0.1) is 11.8 Å². The van der Waals surface area contributed by atoms with E-state index < -0.39 is 5.97 Å². The van der Waals surface area contributed by atoms with Gasteiger partial charge >= 0.3 is 12.0 Å². The topological polar surface area (TPSA) is 78.4 Å². The second-order valence-corrected chi connectivity index (χ2v) is 6.19. The van der Waals surface area contributed by atoms with E-state index in [-0.39, 0.29) is 17.6 Å². The fourth-order valence-electron chi connectivity index (χ4n) is 2.91. The molecule has 0 spiro atoms. The lowest BCUT2D eigenvalue weighted by Crippen LogP contribution is -2.40. The number of amides is 2. The average molecular weight is 296 g/mol. The largest absolute Gasteiger partial charge is 0.478 e. The molecule has 3 atom stereocenters. The van der Waals surface area contributed by atoms with Gasteiger partial charge in [0, 0.05) is 6.04 Å². The number of urea groups is 1. The van der Waals surface area contributed by atoms with Crippen LogP contribution in [-0.2, 0) is 0 Å². The number of carboxylic acids is 1. The highest BCUT2D eigenvalue weighted by Gasteiger charge is 2.32. The Balaban J connectivity index is 1.93. The SMILES string of the molecule is CCC1CCC(NC(=O)Nc2sccc2C(=O)O)C1C. The number of nitrogens with one attached hydrogen (secondary N) is 2. The van der Waals surface area contributed by atoms with Gasteiger partial charge in [-0.05, 0) is 36.1 Å². The summed E-state index contributed by atoms with van der Waals surface area (Å²) < 4.78 is 0. The number of rotatable bonds is 4. The van der Waals surface area contributed by atoms with Crippen LogP contribution in [-0.4, -0.2) is 23.1 Å². The first-order valence-corrected chi connectivity index (χ1v) is 7.79. The molecule has 1 aliphatic rings. The molecule has 0 saturated heterocycles. The average Bonchev–Trinajstić information content (AvgIpc) is 2.98. The molecule has 1 aromatic rings. The molecule has 2 rings (SSSR count). The lowest BCUT2D eigenvalue weighted by molar-refractivity contribution is 0.0698. The molecule has 5 nitrogen and oxygen atoms in total. The Bertz CT molecular complexity index is 500. The van der Waals surface area contributed by atoms with E-state index in [1.54, 1.807) is 5.38 Å². The van der Waals surface area contributed by atoms with Crippen molar-refractivity contribution in [1.29, 1.82) is 0 Å².